The summed E-state index contributed by atoms with van der Waals surface area (Å²) in [5, 5.41) is 10.8. The van der Waals surface area contributed by atoms with Crippen LogP contribution in [-0.4, -0.2) is 31.4 Å². The standard InChI is InChI=1S/C15H25NO2/c1-13-7-6-8-14(2)15(13)18-12-5-3-4-9-16-10-11-17/h6-8,16-17H,3-5,9-12H2,1-2H3/p+1. The molecule has 0 aliphatic carbocycles. The van der Waals surface area contributed by atoms with Gasteiger partial charge in [0, 0.05) is 0 Å². The number of aryl methyl sites for hydroxylation is 2. The van der Waals surface area contributed by atoms with E-state index < -0.39 is 0 Å². The lowest BCUT2D eigenvalue weighted by atomic mass is 10.1. The zero-order chi connectivity index (χ0) is 13.2. The van der Waals surface area contributed by atoms with Crippen molar-refractivity contribution in [2.75, 3.05) is 26.3 Å². The number of ether oxygens (including phenoxy) is 1. The van der Waals surface area contributed by atoms with Gasteiger partial charge in [-0.2, -0.15) is 0 Å². The number of aliphatic hydroxyl groups excluding tert-OH is 1. The van der Waals surface area contributed by atoms with Gasteiger partial charge in [0.25, 0.3) is 0 Å². The van der Waals surface area contributed by atoms with E-state index in [-0.39, 0.29) is 6.61 Å². The summed E-state index contributed by atoms with van der Waals surface area (Å²) in [4.78, 5) is 0. The Bertz CT molecular complexity index is 319. The van der Waals surface area contributed by atoms with E-state index >= 15 is 0 Å². The van der Waals surface area contributed by atoms with E-state index in [4.69, 9.17) is 9.84 Å². The first kappa shape index (κ1) is 15.0. The summed E-state index contributed by atoms with van der Waals surface area (Å²) in [5.74, 6) is 1.05. The molecule has 0 atom stereocenters. The Labute approximate surface area is 110 Å². The maximum atomic E-state index is 8.63. The molecular formula is C15H26NO2+. The molecule has 0 unspecified atom stereocenters. The zero-order valence-corrected chi connectivity index (χ0v) is 11.6. The molecule has 18 heavy (non-hydrogen) atoms. The molecular weight excluding hydrogens is 226 g/mol. The highest BCUT2D eigenvalue weighted by molar-refractivity contribution is 5.39. The summed E-state index contributed by atoms with van der Waals surface area (Å²) in [6.07, 6.45) is 3.48. The molecule has 3 heteroatoms. The minimum atomic E-state index is 0.273. The van der Waals surface area contributed by atoms with Crippen molar-refractivity contribution in [3.63, 3.8) is 0 Å². The molecule has 0 aromatic heterocycles. The Morgan fingerprint density at radius 2 is 1.78 bits per heavy atom. The molecule has 1 aromatic rings. The van der Waals surface area contributed by atoms with Crippen LogP contribution in [-0.2, 0) is 0 Å². The number of quaternary nitrogens is 1. The summed E-state index contributed by atoms with van der Waals surface area (Å²) < 4.78 is 5.85. The van der Waals surface area contributed by atoms with Crippen LogP contribution in [0.2, 0.25) is 0 Å². The lowest BCUT2D eigenvalue weighted by molar-refractivity contribution is -0.656. The van der Waals surface area contributed by atoms with Crippen LogP contribution < -0.4 is 10.1 Å². The Kier molecular flexibility index (Phi) is 7.46. The first-order valence-corrected chi connectivity index (χ1v) is 6.87. The Morgan fingerprint density at radius 1 is 1.06 bits per heavy atom. The van der Waals surface area contributed by atoms with Gasteiger partial charge in [-0.05, 0) is 44.2 Å². The topological polar surface area (TPSA) is 46.1 Å². The third-order valence-corrected chi connectivity index (χ3v) is 3.04. The Hall–Kier alpha value is -1.06. The summed E-state index contributed by atoms with van der Waals surface area (Å²) in [6, 6.07) is 6.24. The number of nitrogens with two attached hydrogens (primary N) is 1. The van der Waals surface area contributed by atoms with Gasteiger partial charge in [-0.25, -0.2) is 0 Å². The van der Waals surface area contributed by atoms with Crippen molar-refractivity contribution in [2.45, 2.75) is 33.1 Å². The maximum Gasteiger partial charge on any atom is 0.125 e. The Morgan fingerprint density at radius 3 is 2.44 bits per heavy atom. The highest BCUT2D eigenvalue weighted by Crippen LogP contribution is 2.22. The van der Waals surface area contributed by atoms with Crippen molar-refractivity contribution in [3.8, 4) is 5.75 Å². The van der Waals surface area contributed by atoms with Crippen LogP contribution in [0, 0.1) is 13.8 Å². The van der Waals surface area contributed by atoms with Gasteiger partial charge >= 0.3 is 0 Å². The van der Waals surface area contributed by atoms with Crippen molar-refractivity contribution in [2.24, 2.45) is 0 Å². The third-order valence-electron chi connectivity index (χ3n) is 3.04. The van der Waals surface area contributed by atoms with E-state index in [9.17, 15) is 0 Å². The average Bonchev–Trinajstić information content (AvgIpc) is 2.35. The molecule has 1 rings (SSSR count). The molecule has 0 heterocycles. The number of para-hydroxylation sites is 1. The first-order chi connectivity index (χ1) is 8.75. The number of aliphatic hydroxyl groups is 1. The fraction of sp³-hybridized carbons (Fsp3) is 0.600. The first-order valence-electron chi connectivity index (χ1n) is 6.87. The van der Waals surface area contributed by atoms with Gasteiger partial charge in [-0.3, -0.25) is 0 Å². The quantitative estimate of drug-likeness (QED) is 0.653. The monoisotopic (exact) mass is 252 g/mol. The van der Waals surface area contributed by atoms with E-state index in [2.05, 4.69) is 37.4 Å². The molecule has 102 valence electrons. The van der Waals surface area contributed by atoms with Crippen LogP contribution in [0.15, 0.2) is 18.2 Å². The molecule has 0 radical (unpaired) electrons. The van der Waals surface area contributed by atoms with E-state index in [0.29, 0.717) is 0 Å². The van der Waals surface area contributed by atoms with Crippen molar-refractivity contribution < 1.29 is 15.2 Å². The number of unbranched alkanes of at least 4 members (excludes halogenated alkanes) is 2. The van der Waals surface area contributed by atoms with Crippen LogP contribution >= 0.6 is 0 Å². The van der Waals surface area contributed by atoms with E-state index in [0.717, 1.165) is 31.9 Å². The molecule has 1 aromatic carbocycles. The normalized spacial score (nSPS) is 10.6. The van der Waals surface area contributed by atoms with Crippen molar-refractivity contribution in [3.05, 3.63) is 29.3 Å². The molecule has 0 spiro atoms. The van der Waals surface area contributed by atoms with Gasteiger partial charge in [-0.15, -0.1) is 0 Å². The van der Waals surface area contributed by atoms with Gasteiger partial charge in [0.05, 0.1) is 26.3 Å². The molecule has 0 saturated heterocycles. The van der Waals surface area contributed by atoms with Gasteiger partial charge in [0.15, 0.2) is 0 Å². The fourth-order valence-corrected chi connectivity index (χ4v) is 2.00. The molecule has 0 aliphatic rings. The van der Waals surface area contributed by atoms with Crippen LogP contribution in [0.25, 0.3) is 0 Å². The maximum absolute atomic E-state index is 8.63. The minimum absolute atomic E-state index is 0.273. The second-order valence-electron chi connectivity index (χ2n) is 4.72. The number of rotatable bonds is 9. The number of hydrogen-bond acceptors (Lipinski definition) is 2. The summed E-state index contributed by atoms with van der Waals surface area (Å²) in [5.41, 5.74) is 2.43. The Balaban J connectivity index is 2.11. The summed E-state index contributed by atoms with van der Waals surface area (Å²) in [7, 11) is 0. The predicted molar refractivity (Wildman–Crippen MR) is 74.0 cm³/mol. The van der Waals surface area contributed by atoms with E-state index in [1.165, 1.54) is 24.0 Å². The van der Waals surface area contributed by atoms with Gasteiger partial charge < -0.3 is 15.2 Å². The van der Waals surface area contributed by atoms with Gasteiger partial charge in [0.2, 0.25) is 0 Å². The third kappa shape index (κ3) is 5.52. The molecule has 0 fully saturated rings. The van der Waals surface area contributed by atoms with Crippen LogP contribution in [0.3, 0.4) is 0 Å². The lowest BCUT2D eigenvalue weighted by Crippen LogP contribution is -2.85. The second-order valence-corrected chi connectivity index (χ2v) is 4.72. The number of benzene rings is 1. The molecule has 3 nitrogen and oxygen atoms in total. The molecule has 0 bridgehead atoms. The molecule has 0 aliphatic heterocycles. The van der Waals surface area contributed by atoms with E-state index in [1.807, 2.05) is 0 Å². The largest absolute Gasteiger partial charge is 0.493 e. The zero-order valence-electron chi connectivity index (χ0n) is 11.6. The predicted octanol–water partition coefficient (Wildman–Crippen LogP) is 1.41. The summed E-state index contributed by atoms with van der Waals surface area (Å²) >= 11 is 0. The minimum Gasteiger partial charge on any atom is -0.493 e. The lowest BCUT2D eigenvalue weighted by Gasteiger charge is -2.11. The van der Waals surface area contributed by atoms with Crippen LogP contribution in [0.1, 0.15) is 30.4 Å². The summed E-state index contributed by atoms with van der Waals surface area (Å²) in [6.45, 7) is 7.17. The van der Waals surface area contributed by atoms with Crippen LogP contribution in [0.5, 0.6) is 5.75 Å². The highest BCUT2D eigenvalue weighted by Gasteiger charge is 2.02. The van der Waals surface area contributed by atoms with Crippen molar-refractivity contribution >= 4 is 0 Å². The smallest absolute Gasteiger partial charge is 0.125 e. The fourth-order valence-electron chi connectivity index (χ4n) is 2.00. The van der Waals surface area contributed by atoms with Crippen molar-refractivity contribution in [1.29, 1.82) is 0 Å². The number of hydrogen-bond donors (Lipinski definition) is 2. The SMILES string of the molecule is Cc1cccc(C)c1OCCCCC[NH2+]CCO. The highest BCUT2D eigenvalue weighted by atomic mass is 16.5. The molecule has 3 N–H and O–H groups in total. The molecule has 0 saturated carbocycles. The van der Waals surface area contributed by atoms with Gasteiger partial charge in [0.1, 0.15) is 5.75 Å². The second kappa shape index (κ2) is 8.95. The average molecular weight is 252 g/mol. The van der Waals surface area contributed by atoms with Crippen LogP contribution in [0.4, 0.5) is 0 Å². The molecule has 0 amide bonds. The van der Waals surface area contributed by atoms with E-state index in [1.54, 1.807) is 0 Å². The van der Waals surface area contributed by atoms with Gasteiger partial charge in [-0.1, -0.05) is 18.2 Å². The van der Waals surface area contributed by atoms with Crippen molar-refractivity contribution in [1.82, 2.24) is 0 Å².